The molecule has 1 atom stereocenters. The zero-order valence-corrected chi connectivity index (χ0v) is 11.6. The van der Waals surface area contributed by atoms with Crippen molar-refractivity contribution in [2.45, 2.75) is 19.1 Å². The van der Waals surface area contributed by atoms with Crippen LogP contribution in [-0.4, -0.2) is 28.6 Å². The van der Waals surface area contributed by atoms with Crippen LogP contribution in [0.1, 0.15) is 12.0 Å². The van der Waals surface area contributed by atoms with Gasteiger partial charge in [-0.1, -0.05) is 30.3 Å². The van der Waals surface area contributed by atoms with E-state index in [2.05, 4.69) is 0 Å². The van der Waals surface area contributed by atoms with E-state index in [9.17, 15) is 9.90 Å². The first-order valence-electron chi connectivity index (χ1n) is 6.98. The lowest BCUT2D eigenvalue weighted by Crippen LogP contribution is -2.25. The highest BCUT2D eigenvalue weighted by atomic mass is 16.5. The lowest BCUT2D eigenvalue weighted by atomic mass is 10.2. The Bertz CT molecular complexity index is 610. The lowest BCUT2D eigenvalue weighted by molar-refractivity contribution is -0.128. The number of para-hydroxylation sites is 1. The average molecular weight is 283 g/mol. The van der Waals surface area contributed by atoms with E-state index in [1.807, 2.05) is 54.6 Å². The smallest absolute Gasteiger partial charge is 0.225 e. The van der Waals surface area contributed by atoms with Gasteiger partial charge in [0.1, 0.15) is 11.5 Å². The third-order valence-electron chi connectivity index (χ3n) is 3.47. The minimum Gasteiger partial charge on any atom is -0.457 e. The molecule has 0 saturated carbocycles. The molecule has 0 bridgehead atoms. The molecule has 1 fully saturated rings. The molecule has 1 heterocycles. The molecule has 0 aromatic heterocycles. The standard InChI is InChI=1S/C17H17NO3/c19-14-10-17(20)18(12-14)11-13-6-8-16(9-7-13)21-15-4-2-1-3-5-15/h1-9,14,19H,10-12H2. The van der Waals surface area contributed by atoms with Crippen molar-refractivity contribution in [1.29, 1.82) is 0 Å². The molecule has 1 aliphatic heterocycles. The topological polar surface area (TPSA) is 49.8 Å². The number of benzene rings is 2. The van der Waals surface area contributed by atoms with Crippen molar-refractivity contribution in [2.75, 3.05) is 6.54 Å². The maximum Gasteiger partial charge on any atom is 0.225 e. The Morgan fingerprint density at radius 2 is 1.71 bits per heavy atom. The van der Waals surface area contributed by atoms with Crippen LogP contribution in [0, 0.1) is 0 Å². The zero-order chi connectivity index (χ0) is 14.7. The van der Waals surface area contributed by atoms with Crippen molar-refractivity contribution in [3.05, 3.63) is 60.2 Å². The van der Waals surface area contributed by atoms with Gasteiger partial charge in [-0.2, -0.15) is 0 Å². The largest absolute Gasteiger partial charge is 0.457 e. The number of carbonyl (C=O) groups excluding carboxylic acids is 1. The van der Waals surface area contributed by atoms with E-state index >= 15 is 0 Å². The highest BCUT2D eigenvalue weighted by Gasteiger charge is 2.27. The number of likely N-dealkylation sites (tertiary alicyclic amines) is 1. The van der Waals surface area contributed by atoms with Gasteiger partial charge in [0.25, 0.3) is 0 Å². The van der Waals surface area contributed by atoms with Crippen LogP contribution in [0.2, 0.25) is 0 Å². The Hall–Kier alpha value is -2.33. The van der Waals surface area contributed by atoms with Gasteiger partial charge in [0.2, 0.25) is 5.91 Å². The van der Waals surface area contributed by atoms with Crippen molar-refractivity contribution in [3.63, 3.8) is 0 Å². The SMILES string of the molecule is O=C1CC(O)CN1Cc1ccc(Oc2ccccc2)cc1. The summed E-state index contributed by atoms with van der Waals surface area (Å²) in [5.41, 5.74) is 1.03. The molecular formula is C17H17NO3. The summed E-state index contributed by atoms with van der Waals surface area (Å²) in [7, 11) is 0. The summed E-state index contributed by atoms with van der Waals surface area (Å²) in [5.74, 6) is 1.56. The van der Waals surface area contributed by atoms with Crippen molar-refractivity contribution in [3.8, 4) is 11.5 Å². The van der Waals surface area contributed by atoms with Crippen LogP contribution in [0.15, 0.2) is 54.6 Å². The zero-order valence-electron chi connectivity index (χ0n) is 11.6. The van der Waals surface area contributed by atoms with E-state index < -0.39 is 6.10 Å². The van der Waals surface area contributed by atoms with Gasteiger partial charge in [0.15, 0.2) is 0 Å². The number of β-amino-alcohol motifs (C(OH)–C–C–N with tert-alkyl or cyclic N) is 1. The molecule has 4 nitrogen and oxygen atoms in total. The van der Waals surface area contributed by atoms with E-state index in [1.165, 1.54) is 0 Å². The van der Waals surface area contributed by atoms with Gasteiger partial charge < -0.3 is 14.7 Å². The number of aliphatic hydroxyl groups is 1. The van der Waals surface area contributed by atoms with Gasteiger partial charge in [-0.05, 0) is 29.8 Å². The van der Waals surface area contributed by atoms with Gasteiger partial charge in [0, 0.05) is 13.1 Å². The van der Waals surface area contributed by atoms with E-state index in [0.717, 1.165) is 17.1 Å². The molecule has 108 valence electrons. The highest BCUT2D eigenvalue weighted by molar-refractivity contribution is 5.79. The fourth-order valence-corrected chi connectivity index (χ4v) is 2.41. The molecule has 1 amide bonds. The number of amides is 1. The molecule has 21 heavy (non-hydrogen) atoms. The third kappa shape index (κ3) is 3.41. The predicted molar refractivity (Wildman–Crippen MR) is 79.0 cm³/mol. The van der Waals surface area contributed by atoms with Gasteiger partial charge >= 0.3 is 0 Å². The fraction of sp³-hybridized carbons (Fsp3) is 0.235. The molecule has 1 unspecified atom stereocenters. The van der Waals surface area contributed by atoms with Crippen molar-refractivity contribution in [1.82, 2.24) is 4.90 Å². The van der Waals surface area contributed by atoms with Crippen LogP contribution >= 0.6 is 0 Å². The summed E-state index contributed by atoms with van der Waals surface area (Å²) in [6.45, 7) is 0.947. The molecule has 3 rings (SSSR count). The Kier molecular flexibility index (Phi) is 3.88. The van der Waals surface area contributed by atoms with Gasteiger partial charge in [-0.25, -0.2) is 0 Å². The summed E-state index contributed by atoms with van der Waals surface area (Å²) in [5, 5.41) is 9.47. The monoisotopic (exact) mass is 283 g/mol. The average Bonchev–Trinajstić information content (AvgIpc) is 2.80. The number of ether oxygens (including phenoxy) is 1. The number of hydrogen-bond donors (Lipinski definition) is 1. The van der Waals surface area contributed by atoms with Crippen molar-refractivity contribution < 1.29 is 14.6 Å². The first kappa shape index (κ1) is 13.6. The van der Waals surface area contributed by atoms with E-state index in [4.69, 9.17) is 4.74 Å². The van der Waals surface area contributed by atoms with Crippen molar-refractivity contribution >= 4 is 5.91 Å². The molecule has 2 aromatic rings. The molecule has 1 saturated heterocycles. The number of rotatable bonds is 4. The minimum atomic E-state index is -0.529. The molecule has 4 heteroatoms. The molecule has 0 spiro atoms. The van der Waals surface area contributed by atoms with Gasteiger partial charge in [-0.3, -0.25) is 4.79 Å². The maximum absolute atomic E-state index is 11.6. The van der Waals surface area contributed by atoms with Crippen LogP contribution < -0.4 is 4.74 Å². The number of aliphatic hydroxyl groups excluding tert-OH is 1. The Morgan fingerprint density at radius 3 is 2.33 bits per heavy atom. The summed E-state index contributed by atoms with van der Waals surface area (Å²) in [6.07, 6.45) is -0.298. The Labute approximate surface area is 123 Å². The lowest BCUT2D eigenvalue weighted by Gasteiger charge is -2.16. The summed E-state index contributed by atoms with van der Waals surface area (Å²) >= 11 is 0. The minimum absolute atomic E-state index is 0.00659. The highest BCUT2D eigenvalue weighted by Crippen LogP contribution is 2.22. The van der Waals surface area contributed by atoms with Gasteiger partial charge in [-0.15, -0.1) is 0 Å². The third-order valence-corrected chi connectivity index (χ3v) is 3.47. The van der Waals surface area contributed by atoms with Crippen LogP contribution in [0.5, 0.6) is 11.5 Å². The van der Waals surface area contributed by atoms with E-state index in [0.29, 0.717) is 13.1 Å². The normalized spacial score (nSPS) is 18.0. The quantitative estimate of drug-likeness (QED) is 0.938. The molecule has 1 N–H and O–H groups in total. The second kappa shape index (κ2) is 5.97. The molecule has 2 aromatic carbocycles. The van der Waals surface area contributed by atoms with Crippen molar-refractivity contribution in [2.24, 2.45) is 0 Å². The number of carbonyl (C=O) groups is 1. The summed E-state index contributed by atoms with van der Waals surface area (Å²) in [6, 6.07) is 17.3. The Morgan fingerprint density at radius 1 is 1.05 bits per heavy atom. The summed E-state index contributed by atoms with van der Waals surface area (Å²) < 4.78 is 5.72. The molecule has 0 aliphatic carbocycles. The van der Waals surface area contributed by atoms with Crippen LogP contribution in [0.4, 0.5) is 0 Å². The van der Waals surface area contributed by atoms with Crippen LogP contribution in [0.3, 0.4) is 0 Å². The second-order valence-corrected chi connectivity index (χ2v) is 5.19. The van der Waals surface area contributed by atoms with Crippen LogP contribution in [0.25, 0.3) is 0 Å². The van der Waals surface area contributed by atoms with Crippen LogP contribution in [-0.2, 0) is 11.3 Å². The van der Waals surface area contributed by atoms with Gasteiger partial charge in [0.05, 0.1) is 12.5 Å². The second-order valence-electron chi connectivity index (χ2n) is 5.19. The first-order chi connectivity index (χ1) is 10.2. The summed E-state index contributed by atoms with van der Waals surface area (Å²) in [4.78, 5) is 13.3. The first-order valence-corrected chi connectivity index (χ1v) is 6.98. The number of hydrogen-bond acceptors (Lipinski definition) is 3. The predicted octanol–water partition coefficient (Wildman–Crippen LogP) is 2.57. The fourth-order valence-electron chi connectivity index (χ4n) is 2.41. The number of nitrogens with zero attached hydrogens (tertiary/aromatic N) is 1. The van der Waals surface area contributed by atoms with E-state index in [1.54, 1.807) is 4.90 Å². The maximum atomic E-state index is 11.6. The molecule has 0 radical (unpaired) electrons. The molecule has 1 aliphatic rings. The molecular weight excluding hydrogens is 266 g/mol. The van der Waals surface area contributed by atoms with E-state index in [-0.39, 0.29) is 12.3 Å². The Balaban J connectivity index is 1.63.